The van der Waals surface area contributed by atoms with Crippen molar-refractivity contribution in [1.29, 1.82) is 0 Å². The van der Waals surface area contributed by atoms with E-state index >= 15 is 0 Å². The van der Waals surface area contributed by atoms with Gasteiger partial charge >= 0.3 is 0 Å². The van der Waals surface area contributed by atoms with E-state index in [-0.39, 0.29) is 0 Å². The highest BCUT2D eigenvalue weighted by Gasteiger charge is 2.23. The van der Waals surface area contributed by atoms with Crippen LogP contribution >= 0.6 is 11.3 Å². The Balaban J connectivity index is 1.20. The second-order valence-electron chi connectivity index (χ2n) is 13.9. The third kappa shape index (κ3) is 4.49. The normalized spacial score (nSPS) is 12.0. The van der Waals surface area contributed by atoms with Crippen molar-refractivity contribution in [2.24, 2.45) is 0 Å². The van der Waals surface area contributed by atoms with Gasteiger partial charge in [-0.25, -0.2) is 15.0 Å². The summed E-state index contributed by atoms with van der Waals surface area (Å²) in [5, 5.41) is 9.09. The highest BCUT2D eigenvalue weighted by molar-refractivity contribution is 7.26. The summed E-state index contributed by atoms with van der Waals surface area (Å²) in [7, 11) is 0. The summed E-state index contributed by atoms with van der Waals surface area (Å²) in [5.74, 6) is 1.87. The summed E-state index contributed by atoms with van der Waals surface area (Å²) >= 11 is 1.86. The SMILES string of the molecule is c1ccc(-c2nc(-c3ccccc3)nc(-c3cc4c(oc5cccc(-n6c7ccccc7c7ccc8c9ccccc9sc8c76)c54)c4ccccc34)n2)cc1. The van der Waals surface area contributed by atoms with Crippen LogP contribution in [0.4, 0.5) is 0 Å². The molecule has 0 saturated carbocycles. The fraction of sp³-hybridized carbons (Fsp3) is 0. The van der Waals surface area contributed by atoms with Gasteiger partial charge in [0.05, 0.1) is 26.8 Å². The molecular weight excluding hydrogens is 693 g/mol. The second kappa shape index (κ2) is 11.7. The van der Waals surface area contributed by atoms with Crippen molar-refractivity contribution in [3.05, 3.63) is 170 Å². The average Bonchev–Trinajstić information content (AvgIpc) is 3.94. The van der Waals surface area contributed by atoms with Gasteiger partial charge in [0.1, 0.15) is 11.2 Å². The summed E-state index contributed by atoms with van der Waals surface area (Å²) in [6.45, 7) is 0. The summed E-state index contributed by atoms with van der Waals surface area (Å²) < 4.78 is 11.9. The molecule has 0 aliphatic rings. The van der Waals surface area contributed by atoms with Gasteiger partial charge < -0.3 is 8.98 Å². The Hall–Kier alpha value is -7.15. The lowest BCUT2D eigenvalue weighted by Crippen LogP contribution is -2.00. The van der Waals surface area contributed by atoms with E-state index < -0.39 is 0 Å². The van der Waals surface area contributed by atoms with Crippen LogP contribution in [-0.2, 0) is 0 Å². The van der Waals surface area contributed by atoms with E-state index in [1.165, 1.54) is 36.5 Å². The second-order valence-corrected chi connectivity index (χ2v) is 15.0. The molecule has 4 heterocycles. The van der Waals surface area contributed by atoms with Crippen LogP contribution in [0.5, 0.6) is 0 Å². The largest absolute Gasteiger partial charge is 0.455 e. The van der Waals surface area contributed by atoms with Crippen LogP contribution < -0.4 is 0 Å². The van der Waals surface area contributed by atoms with Crippen LogP contribution in [0.15, 0.2) is 174 Å². The van der Waals surface area contributed by atoms with Gasteiger partial charge in [0.15, 0.2) is 17.5 Å². The quantitative estimate of drug-likeness (QED) is 0.182. The van der Waals surface area contributed by atoms with E-state index in [1.807, 2.05) is 72.0 Å². The first kappa shape index (κ1) is 30.3. The molecule has 4 aromatic heterocycles. The molecule has 0 amide bonds. The van der Waals surface area contributed by atoms with Gasteiger partial charge in [-0.05, 0) is 35.7 Å². The first-order valence-electron chi connectivity index (χ1n) is 18.4. The van der Waals surface area contributed by atoms with Gasteiger partial charge in [-0.15, -0.1) is 11.3 Å². The van der Waals surface area contributed by atoms with Crippen molar-refractivity contribution in [1.82, 2.24) is 19.5 Å². The zero-order valence-electron chi connectivity index (χ0n) is 29.3. The average molecular weight is 721 g/mol. The molecule has 12 rings (SSSR count). The van der Waals surface area contributed by atoms with Gasteiger partial charge in [-0.2, -0.15) is 0 Å². The Kier molecular flexibility index (Phi) is 6.44. The number of rotatable bonds is 4. The van der Waals surface area contributed by atoms with E-state index in [0.717, 1.165) is 60.6 Å². The molecule has 12 aromatic rings. The van der Waals surface area contributed by atoms with Crippen LogP contribution in [-0.4, -0.2) is 19.5 Å². The molecule has 55 heavy (non-hydrogen) atoms. The molecule has 0 N–H and O–H groups in total. The Morgan fingerprint density at radius 3 is 1.84 bits per heavy atom. The standard InChI is InChI=1S/C49H28N4OS/c1-3-14-29(15-4-1)47-50-48(30-16-5-2-6-17-30)52-49(51-47)37-28-38-43-40(23-13-24-41(43)54-45(38)35-21-8-7-18-31(35)37)53-39-22-11-9-19-32(39)34-26-27-36-33-20-10-12-25-42(33)55-46(36)44(34)53/h1-28H. The van der Waals surface area contributed by atoms with E-state index in [0.29, 0.717) is 17.5 Å². The molecule has 0 bridgehead atoms. The Morgan fingerprint density at radius 1 is 0.455 bits per heavy atom. The maximum Gasteiger partial charge on any atom is 0.164 e. The fourth-order valence-electron chi connectivity index (χ4n) is 8.41. The van der Waals surface area contributed by atoms with Gasteiger partial charge in [0, 0.05) is 53.7 Å². The summed E-state index contributed by atoms with van der Waals surface area (Å²) in [4.78, 5) is 15.3. The predicted molar refractivity (Wildman–Crippen MR) is 228 cm³/mol. The van der Waals surface area contributed by atoms with Gasteiger partial charge in [0.25, 0.3) is 0 Å². The summed E-state index contributed by atoms with van der Waals surface area (Å²) in [5.41, 5.74) is 7.89. The van der Waals surface area contributed by atoms with Crippen LogP contribution in [0, 0.1) is 0 Å². The minimum atomic E-state index is 0.612. The predicted octanol–water partition coefficient (Wildman–Crippen LogP) is 13.4. The number of fused-ring (bicyclic) bond motifs is 12. The molecular formula is C49H28N4OS. The lowest BCUT2D eigenvalue weighted by Gasteiger charge is -2.12. The van der Waals surface area contributed by atoms with Crippen LogP contribution in [0.25, 0.3) is 115 Å². The monoisotopic (exact) mass is 720 g/mol. The minimum absolute atomic E-state index is 0.612. The maximum atomic E-state index is 6.88. The molecule has 0 fully saturated rings. The number of para-hydroxylation sites is 1. The van der Waals surface area contributed by atoms with E-state index in [9.17, 15) is 0 Å². The highest BCUT2D eigenvalue weighted by atomic mass is 32.1. The van der Waals surface area contributed by atoms with Crippen molar-refractivity contribution >= 4 is 86.0 Å². The number of thiophene rings is 1. The van der Waals surface area contributed by atoms with E-state index in [4.69, 9.17) is 19.4 Å². The van der Waals surface area contributed by atoms with Crippen molar-refractivity contribution < 1.29 is 4.42 Å². The smallest absolute Gasteiger partial charge is 0.164 e. The van der Waals surface area contributed by atoms with Crippen LogP contribution in [0.2, 0.25) is 0 Å². The zero-order chi connectivity index (χ0) is 36.0. The number of furan rings is 1. The zero-order valence-corrected chi connectivity index (χ0v) is 30.1. The molecule has 0 saturated heterocycles. The lowest BCUT2D eigenvalue weighted by atomic mass is 9.99. The number of nitrogens with zero attached hydrogens (tertiary/aromatic N) is 4. The topological polar surface area (TPSA) is 56.7 Å². The number of benzene rings is 8. The van der Waals surface area contributed by atoms with Gasteiger partial charge in [-0.1, -0.05) is 140 Å². The summed E-state index contributed by atoms with van der Waals surface area (Å²) in [6, 6.07) is 59.4. The molecule has 0 aliphatic heterocycles. The summed E-state index contributed by atoms with van der Waals surface area (Å²) in [6.07, 6.45) is 0. The van der Waals surface area contributed by atoms with Crippen molar-refractivity contribution in [2.75, 3.05) is 0 Å². The maximum absolute atomic E-state index is 6.88. The van der Waals surface area contributed by atoms with Crippen molar-refractivity contribution in [2.45, 2.75) is 0 Å². The molecule has 5 nitrogen and oxygen atoms in total. The molecule has 0 unspecified atom stereocenters. The number of hydrogen-bond donors (Lipinski definition) is 0. The third-order valence-electron chi connectivity index (χ3n) is 10.8. The molecule has 8 aromatic carbocycles. The van der Waals surface area contributed by atoms with E-state index in [1.54, 1.807) is 0 Å². The number of aromatic nitrogens is 4. The fourth-order valence-corrected chi connectivity index (χ4v) is 9.65. The lowest BCUT2D eigenvalue weighted by molar-refractivity contribution is 0.672. The Morgan fingerprint density at radius 2 is 1.07 bits per heavy atom. The van der Waals surface area contributed by atoms with E-state index in [2.05, 4.69) is 114 Å². The molecule has 0 radical (unpaired) electrons. The molecule has 0 spiro atoms. The number of hydrogen-bond acceptors (Lipinski definition) is 5. The highest BCUT2D eigenvalue weighted by Crippen LogP contribution is 2.46. The molecule has 6 heteroatoms. The van der Waals surface area contributed by atoms with Crippen molar-refractivity contribution in [3.63, 3.8) is 0 Å². The molecule has 256 valence electrons. The van der Waals surface area contributed by atoms with Crippen LogP contribution in [0.3, 0.4) is 0 Å². The third-order valence-corrected chi connectivity index (χ3v) is 12.0. The minimum Gasteiger partial charge on any atom is -0.455 e. The Labute approximate surface area is 318 Å². The molecule has 0 atom stereocenters. The van der Waals surface area contributed by atoms with Gasteiger partial charge in [0.2, 0.25) is 0 Å². The Bertz CT molecular complexity index is 3430. The first-order valence-corrected chi connectivity index (χ1v) is 19.2. The van der Waals surface area contributed by atoms with Gasteiger partial charge in [-0.3, -0.25) is 0 Å². The van der Waals surface area contributed by atoms with Crippen molar-refractivity contribution in [3.8, 4) is 39.9 Å². The first-order chi connectivity index (χ1) is 27.3. The molecule has 0 aliphatic carbocycles. The van der Waals surface area contributed by atoms with Crippen LogP contribution in [0.1, 0.15) is 0 Å².